The highest BCUT2D eigenvalue weighted by molar-refractivity contribution is 5.79. The number of aliphatic carboxylic acids is 1. The normalized spacial score (nSPS) is 31.2. The fourth-order valence-corrected chi connectivity index (χ4v) is 1.19. The Morgan fingerprint density at radius 2 is 2.36 bits per heavy atom. The fourth-order valence-electron chi connectivity index (χ4n) is 1.19. The van der Waals surface area contributed by atoms with Crippen LogP contribution in [0.1, 0.15) is 19.8 Å². The maximum Gasteiger partial charge on any atom is 0.307 e. The molecule has 1 aliphatic rings. The third kappa shape index (κ3) is 1.93. The molecule has 11 heavy (non-hydrogen) atoms. The molecule has 1 rings (SSSR count). The number of carbonyl (C=O) groups excluding carboxylic acids is 1. The van der Waals surface area contributed by atoms with Crippen molar-refractivity contribution in [1.29, 1.82) is 0 Å². The molecule has 0 bridgehead atoms. The highest BCUT2D eigenvalue weighted by Crippen LogP contribution is 2.20. The summed E-state index contributed by atoms with van der Waals surface area (Å²) in [5.41, 5.74) is 0. The molecule has 2 unspecified atom stereocenters. The van der Waals surface area contributed by atoms with Crippen LogP contribution in [0.15, 0.2) is 0 Å². The second-order valence-electron chi connectivity index (χ2n) is 2.78. The lowest BCUT2D eigenvalue weighted by atomic mass is 9.96. The number of hydrogen-bond acceptors (Lipinski definition) is 3. The Morgan fingerprint density at radius 1 is 1.73 bits per heavy atom. The van der Waals surface area contributed by atoms with E-state index >= 15 is 0 Å². The van der Waals surface area contributed by atoms with Gasteiger partial charge in [-0.2, -0.15) is 0 Å². The Kier molecular flexibility index (Phi) is 2.12. The van der Waals surface area contributed by atoms with Gasteiger partial charge in [-0.25, -0.2) is 0 Å². The van der Waals surface area contributed by atoms with Crippen LogP contribution in [0.25, 0.3) is 0 Å². The second-order valence-corrected chi connectivity index (χ2v) is 2.78. The van der Waals surface area contributed by atoms with Crippen LogP contribution < -0.4 is 0 Å². The Balaban J connectivity index is 2.56. The van der Waals surface area contributed by atoms with Crippen LogP contribution in [-0.4, -0.2) is 23.1 Å². The fraction of sp³-hybridized carbons (Fsp3) is 0.714. The predicted molar refractivity (Wildman–Crippen MR) is 35.9 cm³/mol. The van der Waals surface area contributed by atoms with Gasteiger partial charge in [-0.05, 0) is 13.3 Å². The first-order chi connectivity index (χ1) is 5.09. The number of carboxylic acids is 1. The van der Waals surface area contributed by atoms with Gasteiger partial charge >= 0.3 is 11.9 Å². The van der Waals surface area contributed by atoms with E-state index < -0.39 is 17.9 Å². The average Bonchev–Trinajstić information content (AvgIpc) is 1.85. The van der Waals surface area contributed by atoms with E-state index in [1.165, 1.54) is 0 Å². The lowest BCUT2D eigenvalue weighted by Crippen LogP contribution is -2.31. The lowest BCUT2D eigenvalue weighted by Gasteiger charge is -2.23. The van der Waals surface area contributed by atoms with Gasteiger partial charge in [-0.1, -0.05) is 0 Å². The van der Waals surface area contributed by atoms with Gasteiger partial charge < -0.3 is 9.84 Å². The van der Waals surface area contributed by atoms with Gasteiger partial charge in [0.25, 0.3) is 0 Å². The summed E-state index contributed by atoms with van der Waals surface area (Å²) >= 11 is 0. The van der Waals surface area contributed by atoms with Gasteiger partial charge in [0.15, 0.2) is 0 Å². The number of carbonyl (C=O) groups is 2. The molecule has 0 spiro atoms. The quantitative estimate of drug-likeness (QED) is 0.561. The average molecular weight is 158 g/mol. The van der Waals surface area contributed by atoms with E-state index in [0.29, 0.717) is 6.42 Å². The van der Waals surface area contributed by atoms with Crippen molar-refractivity contribution in [1.82, 2.24) is 0 Å². The van der Waals surface area contributed by atoms with Gasteiger partial charge in [0, 0.05) is 0 Å². The van der Waals surface area contributed by atoms with Gasteiger partial charge in [0.05, 0.1) is 18.4 Å². The summed E-state index contributed by atoms with van der Waals surface area (Å²) in [6.07, 6.45) is 0.193. The van der Waals surface area contributed by atoms with Crippen molar-refractivity contribution in [3.8, 4) is 0 Å². The zero-order chi connectivity index (χ0) is 8.43. The minimum absolute atomic E-state index is 0.0136. The SMILES string of the molecule is CC1CC(C(=O)O)CC(=O)O1. The summed E-state index contributed by atoms with van der Waals surface area (Å²) < 4.78 is 4.76. The van der Waals surface area contributed by atoms with Gasteiger partial charge in [-0.3, -0.25) is 9.59 Å². The maximum absolute atomic E-state index is 10.7. The molecular weight excluding hydrogens is 148 g/mol. The molecule has 2 atom stereocenters. The molecule has 1 N–H and O–H groups in total. The van der Waals surface area contributed by atoms with Gasteiger partial charge in [-0.15, -0.1) is 0 Å². The van der Waals surface area contributed by atoms with Crippen molar-refractivity contribution in [2.24, 2.45) is 5.92 Å². The summed E-state index contributed by atoms with van der Waals surface area (Å²) in [4.78, 5) is 21.1. The van der Waals surface area contributed by atoms with Crippen molar-refractivity contribution in [2.45, 2.75) is 25.9 Å². The molecular formula is C7H10O4. The largest absolute Gasteiger partial charge is 0.481 e. The minimum atomic E-state index is -0.909. The molecule has 4 heteroatoms. The zero-order valence-corrected chi connectivity index (χ0v) is 6.24. The summed E-state index contributed by atoms with van der Waals surface area (Å²) in [6.45, 7) is 1.70. The van der Waals surface area contributed by atoms with Crippen molar-refractivity contribution in [3.63, 3.8) is 0 Å². The minimum Gasteiger partial charge on any atom is -0.481 e. The number of carboxylic acid groups (broad SMARTS) is 1. The first-order valence-corrected chi connectivity index (χ1v) is 3.52. The van der Waals surface area contributed by atoms with Crippen molar-refractivity contribution < 1.29 is 19.4 Å². The van der Waals surface area contributed by atoms with Crippen LogP contribution in [0.5, 0.6) is 0 Å². The molecule has 0 aliphatic carbocycles. The standard InChI is InChI=1S/C7H10O4/c1-4-2-5(7(9)10)3-6(8)11-4/h4-5H,2-3H2,1H3,(H,9,10). The van der Waals surface area contributed by atoms with Crippen LogP contribution in [0, 0.1) is 5.92 Å². The zero-order valence-electron chi connectivity index (χ0n) is 6.24. The van der Waals surface area contributed by atoms with Crippen molar-refractivity contribution in [2.75, 3.05) is 0 Å². The van der Waals surface area contributed by atoms with E-state index in [9.17, 15) is 9.59 Å². The van der Waals surface area contributed by atoms with Crippen LogP contribution in [0.3, 0.4) is 0 Å². The maximum atomic E-state index is 10.7. The molecule has 1 fully saturated rings. The summed E-state index contributed by atoms with van der Waals surface area (Å²) in [5.74, 6) is -1.86. The van der Waals surface area contributed by atoms with Crippen LogP contribution in [-0.2, 0) is 14.3 Å². The van der Waals surface area contributed by atoms with Crippen molar-refractivity contribution >= 4 is 11.9 Å². The number of rotatable bonds is 1. The smallest absolute Gasteiger partial charge is 0.307 e. The molecule has 1 heterocycles. The molecule has 1 aliphatic heterocycles. The number of ether oxygens (including phenoxy) is 1. The predicted octanol–water partition coefficient (Wildman–Crippen LogP) is 0.413. The molecule has 0 aromatic rings. The Hall–Kier alpha value is -1.06. The van der Waals surface area contributed by atoms with E-state index in [1.807, 2.05) is 0 Å². The second kappa shape index (κ2) is 2.90. The highest BCUT2D eigenvalue weighted by atomic mass is 16.5. The number of hydrogen-bond donors (Lipinski definition) is 1. The molecule has 0 radical (unpaired) electrons. The molecule has 0 aromatic heterocycles. The monoisotopic (exact) mass is 158 g/mol. The molecule has 62 valence electrons. The molecule has 0 saturated carbocycles. The lowest BCUT2D eigenvalue weighted by molar-refractivity contribution is -0.163. The first kappa shape index (κ1) is 8.04. The molecule has 1 saturated heterocycles. The van der Waals surface area contributed by atoms with Crippen LogP contribution >= 0.6 is 0 Å². The summed E-state index contributed by atoms with van der Waals surface area (Å²) in [7, 11) is 0. The van der Waals surface area contributed by atoms with E-state index in [1.54, 1.807) is 6.92 Å². The molecule has 0 aromatic carbocycles. The van der Waals surface area contributed by atoms with Crippen LogP contribution in [0.4, 0.5) is 0 Å². The Morgan fingerprint density at radius 3 is 2.82 bits per heavy atom. The third-order valence-corrected chi connectivity index (χ3v) is 1.71. The van der Waals surface area contributed by atoms with E-state index in [4.69, 9.17) is 9.84 Å². The summed E-state index contributed by atoms with van der Waals surface area (Å²) in [6, 6.07) is 0. The number of esters is 1. The van der Waals surface area contributed by atoms with E-state index in [0.717, 1.165) is 0 Å². The Labute approximate surface area is 64.2 Å². The highest BCUT2D eigenvalue weighted by Gasteiger charge is 2.30. The first-order valence-electron chi connectivity index (χ1n) is 3.52. The van der Waals surface area contributed by atoms with Gasteiger partial charge in [0.2, 0.25) is 0 Å². The summed E-state index contributed by atoms with van der Waals surface area (Å²) in [5, 5.41) is 8.57. The number of cyclic esters (lactones) is 1. The van der Waals surface area contributed by atoms with E-state index in [-0.39, 0.29) is 12.5 Å². The Bertz CT molecular complexity index is 187. The topological polar surface area (TPSA) is 63.6 Å². The molecule has 0 amide bonds. The molecule has 4 nitrogen and oxygen atoms in total. The van der Waals surface area contributed by atoms with Crippen molar-refractivity contribution in [3.05, 3.63) is 0 Å². The third-order valence-electron chi connectivity index (χ3n) is 1.71. The van der Waals surface area contributed by atoms with Crippen LogP contribution in [0.2, 0.25) is 0 Å². The van der Waals surface area contributed by atoms with E-state index in [2.05, 4.69) is 0 Å². The van der Waals surface area contributed by atoms with Gasteiger partial charge in [0.1, 0.15) is 0 Å².